The van der Waals surface area contributed by atoms with Gasteiger partial charge >= 0.3 is 0 Å². The quantitative estimate of drug-likeness (QED) is 0.257. The molecule has 2 heterocycles. The Morgan fingerprint density at radius 1 is 0.970 bits per heavy atom. The summed E-state index contributed by atoms with van der Waals surface area (Å²) in [5.41, 5.74) is -0.985. The minimum atomic E-state index is -1.68. The Morgan fingerprint density at radius 3 is 2.39 bits per heavy atom. The normalized spacial score (nSPS) is 22.9. The Morgan fingerprint density at radius 2 is 1.70 bits per heavy atom. The number of methoxy groups -OCH3 is 1. The van der Waals surface area contributed by atoms with Crippen molar-refractivity contribution in [3.8, 4) is 45.8 Å². The van der Waals surface area contributed by atoms with Crippen molar-refractivity contribution >= 4 is 11.0 Å². The number of fused-ring (bicyclic) bond motifs is 1. The third kappa shape index (κ3) is 3.85. The standard InChI is InChI=1S/C21H20O12/c1-30-20-17(28)14-9(23)4-8(22)5-12(14)32-19(20)7-2-10(24)15(26)13(3-7)33-21-18(29)16(27)11(25)6-31-21/h2-5,11,16,18,21-27,29H,6H2,1H3/t11-,16-,18-,21-/m0/s1. The lowest BCUT2D eigenvalue weighted by Crippen LogP contribution is -2.54. The molecule has 12 nitrogen and oxygen atoms in total. The van der Waals surface area contributed by atoms with Crippen LogP contribution in [0.1, 0.15) is 0 Å². The van der Waals surface area contributed by atoms with Crippen molar-refractivity contribution in [1.29, 1.82) is 0 Å². The predicted molar refractivity (Wildman–Crippen MR) is 110 cm³/mol. The third-order valence-electron chi connectivity index (χ3n) is 5.14. The second-order valence-electron chi connectivity index (χ2n) is 7.34. The van der Waals surface area contributed by atoms with Crippen molar-refractivity contribution in [2.45, 2.75) is 24.6 Å². The van der Waals surface area contributed by atoms with Crippen LogP contribution in [0.3, 0.4) is 0 Å². The average molecular weight is 464 g/mol. The molecule has 0 amide bonds. The number of hydrogen-bond acceptors (Lipinski definition) is 12. The molecule has 0 spiro atoms. The van der Waals surface area contributed by atoms with Crippen LogP contribution in [0.4, 0.5) is 0 Å². The van der Waals surface area contributed by atoms with Crippen molar-refractivity contribution < 1.29 is 54.4 Å². The van der Waals surface area contributed by atoms with Crippen molar-refractivity contribution in [3.05, 3.63) is 34.5 Å². The maximum absolute atomic E-state index is 12.9. The van der Waals surface area contributed by atoms with Crippen LogP contribution in [0.15, 0.2) is 33.5 Å². The topological polar surface area (TPSA) is 200 Å². The number of rotatable bonds is 4. The summed E-state index contributed by atoms with van der Waals surface area (Å²) in [6, 6.07) is 4.22. The third-order valence-corrected chi connectivity index (χ3v) is 5.14. The molecule has 0 bridgehead atoms. The number of aliphatic hydroxyl groups is 3. The van der Waals surface area contributed by atoms with E-state index in [0.29, 0.717) is 0 Å². The Hall–Kier alpha value is -3.71. The highest BCUT2D eigenvalue weighted by molar-refractivity contribution is 5.88. The van der Waals surface area contributed by atoms with Gasteiger partial charge < -0.3 is 54.4 Å². The van der Waals surface area contributed by atoms with Crippen molar-refractivity contribution in [3.63, 3.8) is 0 Å². The van der Waals surface area contributed by atoms with Gasteiger partial charge in [-0.25, -0.2) is 0 Å². The summed E-state index contributed by atoms with van der Waals surface area (Å²) < 4.78 is 21.3. The molecular formula is C21H20O12. The number of benzene rings is 2. The first kappa shape index (κ1) is 22.5. The molecule has 0 radical (unpaired) electrons. The van der Waals surface area contributed by atoms with E-state index >= 15 is 0 Å². The van der Waals surface area contributed by atoms with Crippen LogP contribution in [0.2, 0.25) is 0 Å². The van der Waals surface area contributed by atoms with Crippen molar-refractivity contribution in [2.75, 3.05) is 13.7 Å². The fraction of sp³-hybridized carbons (Fsp3) is 0.286. The van der Waals surface area contributed by atoms with Gasteiger partial charge in [0.25, 0.3) is 0 Å². The number of aromatic hydroxyl groups is 4. The fourth-order valence-corrected chi connectivity index (χ4v) is 3.47. The zero-order valence-corrected chi connectivity index (χ0v) is 17.0. The summed E-state index contributed by atoms with van der Waals surface area (Å²) in [6.45, 7) is -0.365. The van der Waals surface area contributed by atoms with Gasteiger partial charge in [-0.2, -0.15) is 0 Å². The highest BCUT2D eigenvalue weighted by Crippen LogP contribution is 2.43. The second kappa shape index (κ2) is 8.33. The molecule has 0 aliphatic carbocycles. The lowest BCUT2D eigenvalue weighted by atomic mass is 10.1. The van der Waals surface area contributed by atoms with E-state index in [2.05, 4.69) is 0 Å². The van der Waals surface area contributed by atoms with Crippen LogP contribution in [0, 0.1) is 0 Å². The van der Waals surface area contributed by atoms with E-state index in [0.717, 1.165) is 24.3 Å². The minimum absolute atomic E-state index is 0.0233. The largest absolute Gasteiger partial charge is 0.508 e. The molecule has 7 N–H and O–H groups in total. The van der Waals surface area contributed by atoms with E-state index < -0.39 is 53.0 Å². The molecular weight excluding hydrogens is 444 g/mol. The first-order valence-electron chi connectivity index (χ1n) is 9.58. The predicted octanol–water partition coefficient (Wildman–Crippen LogP) is 0.109. The number of ether oxygens (including phenoxy) is 3. The van der Waals surface area contributed by atoms with Crippen LogP contribution in [-0.2, 0) is 4.74 Å². The summed E-state index contributed by atoms with van der Waals surface area (Å²) in [6.07, 6.45) is -6.12. The van der Waals surface area contributed by atoms with Gasteiger partial charge in [-0.1, -0.05) is 0 Å². The van der Waals surface area contributed by atoms with E-state index in [4.69, 9.17) is 18.6 Å². The lowest BCUT2D eigenvalue weighted by molar-refractivity contribution is -0.242. The summed E-state index contributed by atoms with van der Waals surface area (Å²) in [5.74, 6) is -3.36. The Bertz CT molecular complexity index is 1270. The van der Waals surface area contributed by atoms with E-state index in [-0.39, 0.29) is 40.4 Å². The Kier molecular flexibility index (Phi) is 5.68. The molecule has 4 rings (SSSR count). The first-order chi connectivity index (χ1) is 15.6. The molecule has 12 heteroatoms. The molecule has 1 aliphatic heterocycles. The molecule has 176 valence electrons. The maximum atomic E-state index is 12.9. The second-order valence-corrected chi connectivity index (χ2v) is 7.34. The molecule has 0 unspecified atom stereocenters. The van der Waals surface area contributed by atoms with E-state index in [1.165, 1.54) is 7.11 Å². The maximum Gasteiger partial charge on any atom is 0.239 e. The zero-order chi connectivity index (χ0) is 24.0. The zero-order valence-electron chi connectivity index (χ0n) is 17.0. The molecule has 1 aromatic heterocycles. The molecule has 1 fully saturated rings. The molecule has 4 atom stereocenters. The minimum Gasteiger partial charge on any atom is -0.508 e. The highest BCUT2D eigenvalue weighted by atomic mass is 16.7. The molecule has 2 aromatic carbocycles. The Balaban J connectivity index is 1.84. The van der Waals surface area contributed by atoms with Crippen molar-refractivity contribution in [1.82, 2.24) is 0 Å². The molecule has 1 aliphatic rings. The molecule has 33 heavy (non-hydrogen) atoms. The van der Waals surface area contributed by atoms with Gasteiger partial charge in [0.05, 0.1) is 13.7 Å². The van der Waals surface area contributed by atoms with Gasteiger partial charge in [0.15, 0.2) is 17.3 Å². The van der Waals surface area contributed by atoms with Crippen LogP contribution < -0.4 is 14.9 Å². The first-order valence-corrected chi connectivity index (χ1v) is 9.58. The van der Waals surface area contributed by atoms with Crippen LogP contribution in [-0.4, -0.2) is 74.1 Å². The number of phenolic OH excluding ortho intramolecular Hbond substituents is 4. The molecule has 3 aromatic rings. The Labute approximate surface area is 184 Å². The van der Waals surface area contributed by atoms with Crippen LogP contribution >= 0.6 is 0 Å². The average Bonchev–Trinajstić information content (AvgIpc) is 2.76. The number of aliphatic hydroxyl groups excluding tert-OH is 3. The van der Waals surface area contributed by atoms with Crippen molar-refractivity contribution in [2.24, 2.45) is 0 Å². The lowest BCUT2D eigenvalue weighted by Gasteiger charge is -2.35. The van der Waals surface area contributed by atoms with E-state index in [9.17, 15) is 40.5 Å². The van der Waals surface area contributed by atoms with E-state index in [1.807, 2.05) is 0 Å². The van der Waals surface area contributed by atoms with Gasteiger partial charge in [-0.05, 0) is 12.1 Å². The number of phenols is 4. The summed E-state index contributed by atoms with van der Waals surface area (Å²) in [5, 5.41) is 69.4. The van der Waals surface area contributed by atoms with Gasteiger partial charge in [0.2, 0.25) is 23.2 Å². The fourth-order valence-electron chi connectivity index (χ4n) is 3.47. The summed E-state index contributed by atoms with van der Waals surface area (Å²) in [4.78, 5) is 12.9. The van der Waals surface area contributed by atoms with Gasteiger partial charge in [-0.15, -0.1) is 0 Å². The summed E-state index contributed by atoms with van der Waals surface area (Å²) in [7, 11) is 1.18. The van der Waals surface area contributed by atoms with Gasteiger partial charge in [-0.3, -0.25) is 4.79 Å². The van der Waals surface area contributed by atoms with E-state index in [1.54, 1.807) is 0 Å². The highest BCUT2D eigenvalue weighted by Gasteiger charge is 2.39. The van der Waals surface area contributed by atoms with Crippen LogP contribution in [0.25, 0.3) is 22.3 Å². The van der Waals surface area contributed by atoms with Gasteiger partial charge in [0.1, 0.15) is 40.8 Å². The number of hydrogen-bond donors (Lipinski definition) is 7. The molecule has 1 saturated heterocycles. The molecule has 0 saturated carbocycles. The monoisotopic (exact) mass is 464 g/mol. The smallest absolute Gasteiger partial charge is 0.239 e. The van der Waals surface area contributed by atoms with Crippen LogP contribution in [0.5, 0.6) is 34.5 Å². The SMILES string of the molecule is COc1c(-c2cc(O)c(O)c(O[C@@H]3OC[C@H](O)[C@H](O)[C@@H]3O)c2)oc2cc(O)cc(O)c2c1=O. The van der Waals surface area contributed by atoms with Gasteiger partial charge in [0, 0.05) is 17.7 Å². The summed E-state index contributed by atoms with van der Waals surface area (Å²) >= 11 is 0.